The quantitative estimate of drug-likeness (QED) is 0.107. The summed E-state index contributed by atoms with van der Waals surface area (Å²) in [5, 5.41) is 10.6. The first kappa shape index (κ1) is 29.4. The number of hydrogen-bond acceptors (Lipinski definition) is 6. The van der Waals surface area contributed by atoms with E-state index in [4.69, 9.17) is 23.2 Å². The van der Waals surface area contributed by atoms with Gasteiger partial charge in [0.05, 0.1) is 38.6 Å². The van der Waals surface area contributed by atoms with Crippen LogP contribution in [0.3, 0.4) is 0 Å². The Bertz CT molecular complexity index is 1940. The lowest BCUT2D eigenvalue weighted by molar-refractivity contribution is -0.384. The van der Waals surface area contributed by atoms with Crippen molar-refractivity contribution in [1.29, 1.82) is 0 Å². The fourth-order valence-corrected chi connectivity index (χ4v) is 4.74. The van der Waals surface area contributed by atoms with Crippen molar-refractivity contribution >= 4 is 63.9 Å². The summed E-state index contributed by atoms with van der Waals surface area (Å²) in [7, 11) is 0. The maximum atomic E-state index is 14.1. The van der Waals surface area contributed by atoms with Crippen LogP contribution in [0.1, 0.15) is 41.4 Å². The van der Waals surface area contributed by atoms with Gasteiger partial charge in [-0.2, -0.15) is 0 Å². The van der Waals surface area contributed by atoms with E-state index in [1.807, 2.05) is 0 Å². The van der Waals surface area contributed by atoms with E-state index in [1.54, 1.807) is 0 Å². The first-order chi connectivity index (χ1) is 20.3. The van der Waals surface area contributed by atoms with Crippen LogP contribution in [0.4, 0.5) is 34.6 Å². The summed E-state index contributed by atoms with van der Waals surface area (Å²) in [4.78, 5) is 59.9. The first-order valence-corrected chi connectivity index (χ1v) is 12.5. The van der Waals surface area contributed by atoms with Crippen molar-refractivity contribution in [2.24, 2.45) is 0 Å². The molecule has 4 aromatic rings. The SMILES string of the molecule is O=C1c2ccc(F)cc2C(=O)N1c1cc([N+](=O)[O-])c(Cl)cc1F.O=C1c2ccc(F)cc2C(=O)N1c1ccc(Cl)cc1F. The van der Waals surface area contributed by atoms with E-state index in [0.29, 0.717) is 21.9 Å². The fraction of sp³-hybridized carbons (Fsp3) is 0. The molecule has 0 bridgehead atoms. The molecule has 0 N–H and O–H groups in total. The van der Waals surface area contributed by atoms with Gasteiger partial charge in [-0.25, -0.2) is 27.4 Å². The minimum absolute atomic E-state index is 0.0470. The summed E-state index contributed by atoms with van der Waals surface area (Å²) < 4.78 is 54.3. The van der Waals surface area contributed by atoms with E-state index in [9.17, 15) is 46.9 Å². The molecular weight excluding hydrogens is 621 g/mol. The van der Waals surface area contributed by atoms with Crippen LogP contribution in [-0.4, -0.2) is 28.6 Å². The van der Waals surface area contributed by atoms with E-state index < -0.39 is 68.2 Å². The number of rotatable bonds is 3. The Hall–Kier alpha value is -5.14. The monoisotopic (exact) mass is 631 g/mol. The molecule has 0 aromatic heterocycles. The van der Waals surface area contributed by atoms with Crippen LogP contribution in [0, 0.1) is 33.4 Å². The molecule has 0 aliphatic carbocycles. The zero-order chi connectivity index (χ0) is 31.3. The number of carbonyl (C=O) groups is 4. The van der Waals surface area contributed by atoms with Crippen LogP contribution < -0.4 is 9.80 Å². The van der Waals surface area contributed by atoms with Crippen LogP contribution >= 0.6 is 23.2 Å². The molecule has 15 heteroatoms. The van der Waals surface area contributed by atoms with Crippen molar-refractivity contribution in [3.8, 4) is 0 Å². The smallest absolute Gasteiger partial charge is 0.268 e. The molecule has 216 valence electrons. The van der Waals surface area contributed by atoms with Crippen LogP contribution in [0.15, 0.2) is 66.7 Å². The van der Waals surface area contributed by atoms with E-state index in [1.165, 1.54) is 18.2 Å². The molecule has 2 aliphatic rings. The van der Waals surface area contributed by atoms with Gasteiger partial charge in [0, 0.05) is 17.2 Å². The number of nitro benzene ring substituents is 1. The van der Waals surface area contributed by atoms with Crippen LogP contribution in [0.25, 0.3) is 0 Å². The Labute approximate surface area is 247 Å². The topological polar surface area (TPSA) is 118 Å². The van der Waals surface area contributed by atoms with Crippen molar-refractivity contribution in [3.63, 3.8) is 0 Å². The highest BCUT2D eigenvalue weighted by Crippen LogP contribution is 2.36. The van der Waals surface area contributed by atoms with E-state index in [-0.39, 0.29) is 33.0 Å². The largest absolute Gasteiger partial charge is 0.290 e. The van der Waals surface area contributed by atoms with Gasteiger partial charge >= 0.3 is 0 Å². The summed E-state index contributed by atoms with van der Waals surface area (Å²) in [6.45, 7) is 0. The van der Waals surface area contributed by atoms with Crippen molar-refractivity contribution < 1.29 is 41.7 Å². The maximum Gasteiger partial charge on any atom is 0.290 e. The Kier molecular flexibility index (Phi) is 7.46. The minimum Gasteiger partial charge on any atom is -0.268 e. The summed E-state index contributed by atoms with van der Waals surface area (Å²) in [5.74, 6) is -6.59. The fourth-order valence-electron chi connectivity index (χ4n) is 4.36. The van der Waals surface area contributed by atoms with Gasteiger partial charge in [-0.1, -0.05) is 23.2 Å². The molecule has 0 atom stereocenters. The number of benzene rings is 4. The normalized spacial score (nSPS) is 13.6. The second-order valence-corrected chi connectivity index (χ2v) is 9.72. The van der Waals surface area contributed by atoms with Gasteiger partial charge in [0.15, 0.2) is 0 Å². The number of imide groups is 2. The Morgan fingerprint density at radius 1 is 0.581 bits per heavy atom. The molecule has 0 saturated carbocycles. The number of hydrogen-bond donors (Lipinski definition) is 0. The minimum atomic E-state index is -1.09. The van der Waals surface area contributed by atoms with E-state index in [2.05, 4.69) is 0 Å². The molecule has 2 aliphatic heterocycles. The zero-order valence-electron chi connectivity index (χ0n) is 20.9. The third-order valence-electron chi connectivity index (χ3n) is 6.30. The van der Waals surface area contributed by atoms with Crippen molar-refractivity contribution in [2.75, 3.05) is 9.80 Å². The molecule has 9 nitrogen and oxygen atoms in total. The van der Waals surface area contributed by atoms with E-state index >= 15 is 0 Å². The molecule has 0 spiro atoms. The molecule has 0 saturated heterocycles. The van der Waals surface area contributed by atoms with Gasteiger partial charge in [-0.15, -0.1) is 0 Å². The second-order valence-electron chi connectivity index (χ2n) is 8.88. The summed E-state index contributed by atoms with van der Waals surface area (Å²) in [5.41, 5.74) is -1.88. The maximum absolute atomic E-state index is 14.1. The van der Waals surface area contributed by atoms with E-state index in [0.717, 1.165) is 36.4 Å². The predicted molar refractivity (Wildman–Crippen MR) is 145 cm³/mol. The molecule has 4 amide bonds. The van der Waals surface area contributed by atoms with Gasteiger partial charge in [0.2, 0.25) is 0 Å². The molecule has 2 heterocycles. The van der Waals surface area contributed by atoms with Crippen LogP contribution in [0.2, 0.25) is 10.0 Å². The molecule has 0 unspecified atom stereocenters. The van der Waals surface area contributed by atoms with Crippen molar-refractivity contribution in [1.82, 2.24) is 0 Å². The Balaban J connectivity index is 0.000000173. The van der Waals surface area contributed by atoms with Gasteiger partial charge in [-0.3, -0.25) is 29.3 Å². The number of nitro groups is 1. The third kappa shape index (κ3) is 5.08. The summed E-state index contributed by atoms with van der Waals surface area (Å²) >= 11 is 11.2. The third-order valence-corrected chi connectivity index (χ3v) is 6.84. The summed E-state index contributed by atoms with van der Waals surface area (Å²) in [6, 6.07) is 11.1. The highest BCUT2D eigenvalue weighted by molar-refractivity contribution is 6.36. The molecular formula is C28H11Cl2F4N3O6. The lowest BCUT2D eigenvalue weighted by atomic mass is 10.1. The standard InChI is InChI=1S/C14H5ClF2N2O4.C14H6ClF2NO2/c15-9-4-10(17)12(5-11(9)19(22)23)18-13(20)7-2-1-6(16)3-8(7)14(18)21;15-7-1-4-12(11(17)5-7)18-13(19)9-3-2-8(16)6-10(9)14(18)20/h1-5H;1-6H. The highest BCUT2D eigenvalue weighted by atomic mass is 35.5. The molecule has 43 heavy (non-hydrogen) atoms. The average Bonchev–Trinajstić information content (AvgIpc) is 3.32. The Morgan fingerprint density at radius 3 is 1.53 bits per heavy atom. The molecule has 6 rings (SSSR count). The lowest BCUT2D eigenvalue weighted by Crippen LogP contribution is -2.30. The van der Waals surface area contributed by atoms with Crippen LogP contribution in [0.5, 0.6) is 0 Å². The van der Waals surface area contributed by atoms with Crippen LogP contribution in [-0.2, 0) is 0 Å². The number of fused-ring (bicyclic) bond motifs is 2. The number of carbonyl (C=O) groups excluding carboxylic acids is 4. The molecule has 0 fully saturated rings. The number of nitrogens with zero attached hydrogens (tertiary/aromatic N) is 3. The summed E-state index contributed by atoms with van der Waals surface area (Å²) in [6.07, 6.45) is 0. The van der Waals surface area contributed by atoms with Crippen molar-refractivity contribution in [2.45, 2.75) is 0 Å². The number of amides is 4. The van der Waals surface area contributed by atoms with Gasteiger partial charge in [0.1, 0.15) is 28.3 Å². The average molecular weight is 632 g/mol. The van der Waals surface area contributed by atoms with Gasteiger partial charge < -0.3 is 0 Å². The lowest BCUT2D eigenvalue weighted by Gasteiger charge is -2.14. The Morgan fingerprint density at radius 2 is 1.05 bits per heavy atom. The van der Waals surface area contributed by atoms with Gasteiger partial charge in [-0.05, 0) is 54.6 Å². The number of halogens is 6. The van der Waals surface area contributed by atoms with Gasteiger partial charge in [0.25, 0.3) is 29.3 Å². The molecule has 0 radical (unpaired) electrons. The van der Waals surface area contributed by atoms with Crippen molar-refractivity contribution in [3.05, 3.63) is 132 Å². The number of anilines is 2. The molecule has 4 aromatic carbocycles. The predicted octanol–water partition coefficient (Wildman–Crippen LogP) is 6.75. The highest BCUT2D eigenvalue weighted by Gasteiger charge is 2.40. The second kappa shape index (κ2) is 10.9. The first-order valence-electron chi connectivity index (χ1n) is 11.7. The zero-order valence-corrected chi connectivity index (χ0v) is 22.4.